The lowest BCUT2D eigenvalue weighted by atomic mass is 10.2. The van der Waals surface area contributed by atoms with Gasteiger partial charge in [-0.3, -0.25) is 0 Å². The Bertz CT molecular complexity index is 597. The van der Waals surface area contributed by atoms with Gasteiger partial charge in [0.25, 0.3) is 0 Å². The highest BCUT2D eigenvalue weighted by atomic mass is 35.5. The normalized spacial score (nSPS) is 14.1. The Morgan fingerprint density at radius 3 is 2.65 bits per heavy atom. The molecule has 0 N–H and O–H groups in total. The van der Waals surface area contributed by atoms with E-state index in [1.807, 2.05) is 24.3 Å². The number of ether oxygens (including phenoxy) is 2. The van der Waals surface area contributed by atoms with Crippen molar-refractivity contribution in [3.63, 3.8) is 0 Å². The maximum atomic E-state index is 5.84. The predicted molar refractivity (Wildman–Crippen MR) is 76.3 cm³/mol. The third kappa shape index (κ3) is 3.02. The van der Waals surface area contributed by atoms with Gasteiger partial charge in [-0.15, -0.1) is 0 Å². The van der Waals surface area contributed by atoms with Gasteiger partial charge in [0.1, 0.15) is 12.4 Å². The smallest absolute Gasteiger partial charge is 0.225 e. The Morgan fingerprint density at radius 2 is 2.00 bits per heavy atom. The summed E-state index contributed by atoms with van der Waals surface area (Å²) in [6.45, 7) is 0.455. The van der Waals surface area contributed by atoms with Gasteiger partial charge >= 0.3 is 0 Å². The van der Waals surface area contributed by atoms with Gasteiger partial charge < -0.3 is 9.47 Å². The van der Waals surface area contributed by atoms with E-state index in [1.165, 1.54) is 12.8 Å². The van der Waals surface area contributed by atoms with Crippen LogP contribution in [0.4, 0.5) is 0 Å². The van der Waals surface area contributed by atoms with E-state index in [-0.39, 0.29) is 5.28 Å². The maximum Gasteiger partial charge on any atom is 0.225 e. The summed E-state index contributed by atoms with van der Waals surface area (Å²) < 4.78 is 10.9. The monoisotopic (exact) mass is 290 g/mol. The average Bonchev–Trinajstić information content (AvgIpc) is 3.30. The fourth-order valence-corrected chi connectivity index (χ4v) is 2.14. The number of aromatic nitrogens is 2. The molecule has 0 amide bonds. The fourth-order valence-electron chi connectivity index (χ4n) is 2.02. The molecule has 1 aromatic heterocycles. The Hall–Kier alpha value is -1.81. The molecule has 20 heavy (non-hydrogen) atoms. The molecular formula is C15H15ClN2O2. The van der Waals surface area contributed by atoms with Gasteiger partial charge in [-0.2, -0.15) is 4.98 Å². The van der Waals surface area contributed by atoms with Gasteiger partial charge in [0.2, 0.25) is 11.2 Å². The van der Waals surface area contributed by atoms with Crippen molar-refractivity contribution in [2.45, 2.75) is 25.4 Å². The van der Waals surface area contributed by atoms with Crippen LogP contribution in [0.2, 0.25) is 5.28 Å². The summed E-state index contributed by atoms with van der Waals surface area (Å²) in [6, 6.07) is 7.76. The standard InChI is InChI=1S/C15H15ClN2O2/c1-19-12-6-2-10(3-7-12)9-20-14-13(11-4-5-11)8-17-15(16)18-14/h2-3,6-8,11H,4-5,9H2,1H3. The van der Waals surface area contributed by atoms with Crippen LogP contribution >= 0.6 is 11.6 Å². The van der Waals surface area contributed by atoms with Gasteiger partial charge in [-0.05, 0) is 48.1 Å². The molecule has 3 rings (SSSR count). The maximum absolute atomic E-state index is 5.84. The van der Waals surface area contributed by atoms with Crippen molar-refractivity contribution in [3.8, 4) is 11.6 Å². The van der Waals surface area contributed by atoms with Crippen molar-refractivity contribution in [1.29, 1.82) is 0 Å². The average molecular weight is 291 g/mol. The molecule has 1 heterocycles. The summed E-state index contributed by atoms with van der Waals surface area (Å²) in [5, 5.41) is 0.221. The van der Waals surface area contributed by atoms with Crippen LogP contribution < -0.4 is 9.47 Å². The van der Waals surface area contributed by atoms with Crippen LogP contribution in [0.25, 0.3) is 0 Å². The minimum absolute atomic E-state index is 0.221. The van der Waals surface area contributed by atoms with Gasteiger partial charge in [0.15, 0.2) is 0 Å². The molecule has 1 aliphatic rings. The van der Waals surface area contributed by atoms with E-state index in [0.29, 0.717) is 18.4 Å². The van der Waals surface area contributed by atoms with E-state index in [4.69, 9.17) is 21.1 Å². The number of methoxy groups -OCH3 is 1. The van der Waals surface area contributed by atoms with Crippen molar-refractivity contribution >= 4 is 11.6 Å². The Labute approximate surface area is 122 Å². The second kappa shape index (κ2) is 5.67. The highest BCUT2D eigenvalue weighted by Crippen LogP contribution is 2.43. The molecule has 5 heteroatoms. The van der Waals surface area contributed by atoms with Crippen molar-refractivity contribution in [3.05, 3.63) is 46.9 Å². The van der Waals surface area contributed by atoms with E-state index < -0.39 is 0 Å². The first-order valence-corrected chi connectivity index (χ1v) is 6.92. The van der Waals surface area contributed by atoms with E-state index in [1.54, 1.807) is 13.3 Å². The van der Waals surface area contributed by atoms with Gasteiger partial charge in [0, 0.05) is 11.8 Å². The van der Waals surface area contributed by atoms with E-state index in [0.717, 1.165) is 16.9 Å². The highest BCUT2D eigenvalue weighted by molar-refractivity contribution is 6.28. The van der Waals surface area contributed by atoms with Gasteiger partial charge in [-0.25, -0.2) is 4.98 Å². The molecule has 0 bridgehead atoms. The molecule has 0 spiro atoms. The predicted octanol–water partition coefficient (Wildman–Crippen LogP) is 3.60. The molecule has 0 saturated heterocycles. The van der Waals surface area contributed by atoms with E-state index >= 15 is 0 Å². The summed E-state index contributed by atoms with van der Waals surface area (Å²) in [5.41, 5.74) is 2.12. The highest BCUT2D eigenvalue weighted by Gasteiger charge is 2.28. The summed E-state index contributed by atoms with van der Waals surface area (Å²) in [4.78, 5) is 8.23. The minimum atomic E-state index is 0.221. The van der Waals surface area contributed by atoms with Gasteiger partial charge in [-0.1, -0.05) is 12.1 Å². The van der Waals surface area contributed by atoms with Crippen molar-refractivity contribution in [2.24, 2.45) is 0 Å². The molecule has 104 valence electrons. The molecule has 1 aromatic carbocycles. The molecule has 1 aliphatic carbocycles. The molecule has 2 aromatic rings. The summed E-state index contributed by atoms with van der Waals surface area (Å²) >= 11 is 5.84. The fraction of sp³-hybridized carbons (Fsp3) is 0.333. The summed E-state index contributed by atoms with van der Waals surface area (Å²) in [7, 11) is 1.65. The molecule has 0 unspecified atom stereocenters. The SMILES string of the molecule is COc1ccc(COc2nc(Cl)ncc2C2CC2)cc1. The third-order valence-corrected chi connectivity index (χ3v) is 3.48. The first kappa shape index (κ1) is 13.2. The van der Waals surface area contributed by atoms with Crippen LogP contribution in [0.3, 0.4) is 0 Å². The van der Waals surface area contributed by atoms with Crippen molar-refractivity contribution < 1.29 is 9.47 Å². The first-order valence-electron chi connectivity index (χ1n) is 6.54. The molecule has 1 saturated carbocycles. The number of benzene rings is 1. The molecule has 1 fully saturated rings. The van der Waals surface area contributed by atoms with Gasteiger partial charge in [0.05, 0.1) is 7.11 Å². The number of hydrogen-bond donors (Lipinski definition) is 0. The quantitative estimate of drug-likeness (QED) is 0.789. The second-order valence-electron chi connectivity index (χ2n) is 4.81. The first-order chi connectivity index (χ1) is 9.76. The van der Waals surface area contributed by atoms with Crippen LogP contribution in [0.5, 0.6) is 11.6 Å². The van der Waals surface area contributed by atoms with E-state index in [9.17, 15) is 0 Å². The lowest BCUT2D eigenvalue weighted by Crippen LogP contribution is -2.01. The lowest BCUT2D eigenvalue weighted by molar-refractivity contribution is 0.289. The van der Waals surface area contributed by atoms with Crippen LogP contribution in [0.15, 0.2) is 30.5 Å². The molecular weight excluding hydrogens is 276 g/mol. The molecule has 0 radical (unpaired) electrons. The summed E-state index contributed by atoms with van der Waals surface area (Å²) in [5.74, 6) is 1.96. The van der Waals surface area contributed by atoms with E-state index in [2.05, 4.69) is 9.97 Å². The summed E-state index contributed by atoms with van der Waals surface area (Å²) in [6.07, 6.45) is 4.12. The zero-order valence-corrected chi connectivity index (χ0v) is 11.9. The minimum Gasteiger partial charge on any atom is -0.497 e. The van der Waals surface area contributed by atoms with Crippen molar-refractivity contribution in [1.82, 2.24) is 9.97 Å². The Balaban J connectivity index is 1.72. The molecule has 0 aliphatic heterocycles. The third-order valence-electron chi connectivity index (χ3n) is 3.30. The topological polar surface area (TPSA) is 44.2 Å². The Morgan fingerprint density at radius 1 is 1.25 bits per heavy atom. The van der Waals surface area contributed by atoms with Crippen LogP contribution in [0, 0.1) is 0 Å². The number of halogens is 1. The zero-order valence-electron chi connectivity index (χ0n) is 11.2. The van der Waals surface area contributed by atoms with Crippen LogP contribution in [-0.2, 0) is 6.61 Å². The van der Waals surface area contributed by atoms with Crippen molar-refractivity contribution in [2.75, 3.05) is 7.11 Å². The number of hydrogen-bond acceptors (Lipinski definition) is 4. The van der Waals surface area contributed by atoms with Crippen LogP contribution in [-0.4, -0.2) is 17.1 Å². The van der Waals surface area contributed by atoms with Crippen LogP contribution in [0.1, 0.15) is 29.9 Å². The largest absolute Gasteiger partial charge is 0.497 e. The molecule has 0 atom stereocenters. The number of nitrogens with zero attached hydrogens (tertiary/aromatic N) is 2. The second-order valence-corrected chi connectivity index (χ2v) is 5.15. The lowest BCUT2D eigenvalue weighted by Gasteiger charge is -2.10. The zero-order chi connectivity index (χ0) is 13.9. The Kier molecular flexibility index (Phi) is 3.74. The number of rotatable bonds is 5. The molecule has 4 nitrogen and oxygen atoms in total.